The normalized spacial score (nSPS) is 13.3. The molecule has 0 unspecified atom stereocenters. The molecule has 2 N–H and O–H groups in total. The zero-order chi connectivity index (χ0) is 9.07. The molecule has 0 aliphatic rings. The minimum absolute atomic E-state index is 0.199. The molecule has 0 aromatic rings. The van der Waals surface area contributed by atoms with E-state index in [1.165, 1.54) is 0 Å². The molecule has 0 amide bonds. The molecule has 0 aromatic carbocycles. The lowest BCUT2D eigenvalue weighted by Gasteiger charge is -2.20. The van der Waals surface area contributed by atoms with E-state index in [9.17, 15) is 4.79 Å². The summed E-state index contributed by atoms with van der Waals surface area (Å²) in [4.78, 5) is 10.2. The van der Waals surface area contributed by atoms with E-state index in [0.717, 1.165) is 6.08 Å². The first-order valence-electron chi connectivity index (χ1n) is 3.42. The first-order valence-corrected chi connectivity index (χ1v) is 3.42. The van der Waals surface area contributed by atoms with E-state index in [2.05, 4.69) is 0 Å². The summed E-state index contributed by atoms with van der Waals surface area (Å²) in [6.45, 7) is 5.38. The van der Waals surface area contributed by atoms with Crippen LogP contribution in [0.15, 0.2) is 11.6 Å². The van der Waals surface area contributed by atoms with Gasteiger partial charge in [-0.15, -0.1) is 0 Å². The Morgan fingerprint density at radius 3 is 2.00 bits per heavy atom. The highest BCUT2D eigenvalue weighted by molar-refractivity contribution is 5.80. The fraction of sp³-hybridized carbons (Fsp3) is 0.625. The van der Waals surface area contributed by atoms with Crippen LogP contribution in [0.3, 0.4) is 0 Å². The van der Waals surface area contributed by atoms with Crippen molar-refractivity contribution in [2.75, 3.05) is 6.61 Å². The predicted molar refractivity (Wildman–Crippen MR) is 42.3 cm³/mol. The van der Waals surface area contributed by atoms with Crippen LogP contribution in [-0.2, 0) is 4.79 Å². The number of hydrogen-bond acceptors (Lipinski definition) is 2. The summed E-state index contributed by atoms with van der Waals surface area (Å²) in [5.74, 6) is -1.01. The van der Waals surface area contributed by atoms with E-state index >= 15 is 0 Å². The summed E-state index contributed by atoms with van der Waals surface area (Å²) in [6.07, 6.45) is 1.06. The van der Waals surface area contributed by atoms with Crippen LogP contribution in [0.2, 0.25) is 0 Å². The number of carbonyl (C=O) groups is 1. The Morgan fingerprint density at radius 2 is 1.91 bits per heavy atom. The van der Waals surface area contributed by atoms with E-state index < -0.39 is 5.97 Å². The van der Waals surface area contributed by atoms with Gasteiger partial charge in [-0.3, -0.25) is 0 Å². The second-order valence-corrected chi connectivity index (χ2v) is 3.42. The van der Waals surface area contributed by atoms with Crippen molar-refractivity contribution in [3.8, 4) is 0 Å². The second kappa shape index (κ2) is 3.53. The molecule has 0 aliphatic heterocycles. The molecule has 0 aliphatic carbocycles. The van der Waals surface area contributed by atoms with Crippen molar-refractivity contribution < 1.29 is 15.0 Å². The van der Waals surface area contributed by atoms with Crippen LogP contribution in [-0.4, -0.2) is 22.8 Å². The Labute approximate surface area is 66.4 Å². The average Bonchev–Trinajstić information content (AvgIpc) is 1.79. The van der Waals surface area contributed by atoms with E-state index in [1.54, 1.807) is 0 Å². The smallest absolute Gasteiger partial charge is 0.328 e. The number of rotatable bonds is 2. The summed E-state index contributed by atoms with van der Waals surface area (Å²) in [7, 11) is 0. The number of aliphatic hydroxyl groups excluding tert-OH is 1. The van der Waals surface area contributed by atoms with Crippen molar-refractivity contribution in [1.29, 1.82) is 0 Å². The molecule has 3 nitrogen and oxygen atoms in total. The van der Waals surface area contributed by atoms with Gasteiger partial charge in [0.2, 0.25) is 0 Å². The highest BCUT2D eigenvalue weighted by Crippen LogP contribution is 2.23. The molecule has 0 radical (unpaired) electrons. The van der Waals surface area contributed by atoms with Crippen molar-refractivity contribution in [2.45, 2.75) is 20.8 Å². The Kier molecular flexibility index (Phi) is 3.26. The fourth-order valence-corrected chi connectivity index (χ4v) is 0.648. The minimum atomic E-state index is -1.01. The Balaban J connectivity index is 4.54. The molecule has 0 aromatic heterocycles. The van der Waals surface area contributed by atoms with Crippen molar-refractivity contribution >= 4 is 5.97 Å². The summed E-state index contributed by atoms with van der Waals surface area (Å²) in [5, 5.41) is 17.2. The summed E-state index contributed by atoms with van der Waals surface area (Å²) >= 11 is 0. The molecule has 0 rings (SSSR count). The van der Waals surface area contributed by atoms with Crippen LogP contribution in [0.5, 0.6) is 0 Å². The van der Waals surface area contributed by atoms with Crippen LogP contribution >= 0.6 is 0 Å². The number of carboxylic acid groups (broad SMARTS) is 1. The largest absolute Gasteiger partial charge is 0.478 e. The second-order valence-electron chi connectivity index (χ2n) is 3.42. The Morgan fingerprint density at radius 1 is 1.45 bits per heavy atom. The lowest BCUT2D eigenvalue weighted by Crippen LogP contribution is -2.14. The SMILES string of the molecule is CC(C)(C)/C(=C/C(=O)O)CO. The maximum Gasteiger partial charge on any atom is 0.328 e. The van der Waals surface area contributed by atoms with Gasteiger partial charge in [-0.1, -0.05) is 20.8 Å². The van der Waals surface area contributed by atoms with E-state index in [-0.39, 0.29) is 12.0 Å². The molecule has 11 heavy (non-hydrogen) atoms. The van der Waals surface area contributed by atoms with Gasteiger partial charge < -0.3 is 10.2 Å². The molecule has 0 spiro atoms. The Hall–Kier alpha value is -0.830. The number of carboxylic acids is 1. The molecule has 0 heterocycles. The highest BCUT2D eigenvalue weighted by atomic mass is 16.4. The number of aliphatic hydroxyl groups is 1. The summed E-state index contributed by atoms with van der Waals surface area (Å²) in [6, 6.07) is 0. The monoisotopic (exact) mass is 158 g/mol. The van der Waals surface area contributed by atoms with Gasteiger partial charge in [0.25, 0.3) is 0 Å². The maximum absolute atomic E-state index is 10.2. The van der Waals surface area contributed by atoms with Crippen molar-refractivity contribution in [3.63, 3.8) is 0 Å². The van der Waals surface area contributed by atoms with Gasteiger partial charge >= 0.3 is 5.97 Å². The van der Waals surface area contributed by atoms with Gasteiger partial charge in [0.15, 0.2) is 0 Å². The van der Waals surface area contributed by atoms with Gasteiger partial charge in [0.1, 0.15) is 0 Å². The fourth-order valence-electron chi connectivity index (χ4n) is 0.648. The summed E-state index contributed by atoms with van der Waals surface area (Å²) in [5.41, 5.74) is 0.262. The molecule has 3 heteroatoms. The van der Waals surface area contributed by atoms with Gasteiger partial charge in [-0.25, -0.2) is 4.79 Å². The first kappa shape index (κ1) is 10.2. The minimum Gasteiger partial charge on any atom is -0.478 e. The molecular formula is C8H14O3. The number of aliphatic carboxylic acids is 1. The molecule has 64 valence electrons. The lowest BCUT2D eigenvalue weighted by molar-refractivity contribution is -0.131. The first-order chi connectivity index (χ1) is 4.88. The quantitative estimate of drug-likeness (QED) is 0.590. The van der Waals surface area contributed by atoms with Crippen LogP contribution in [0.1, 0.15) is 20.8 Å². The maximum atomic E-state index is 10.2. The van der Waals surface area contributed by atoms with Crippen molar-refractivity contribution in [3.05, 3.63) is 11.6 Å². The van der Waals surface area contributed by atoms with Gasteiger partial charge in [-0.05, 0) is 11.0 Å². The zero-order valence-electron chi connectivity index (χ0n) is 7.09. The van der Waals surface area contributed by atoms with Crippen LogP contribution in [0.4, 0.5) is 0 Å². The van der Waals surface area contributed by atoms with Crippen LogP contribution in [0.25, 0.3) is 0 Å². The van der Waals surface area contributed by atoms with Crippen molar-refractivity contribution in [2.24, 2.45) is 5.41 Å². The summed E-state index contributed by atoms with van der Waals surface area (Å²) < 4.78 is 0. The average molecular weight is 158 g/mol. The van der Waals surface area contributed by atoms with Crippen LogP contribution in [0, 0.1) is 5.41 Å². The molecule has 0 saturated carbocycles. The number of hydrogen-bond donors (Lipinski definition) is 2. The zero-order valence-corrected chi connectivity index (χ0v) is 7.09. The Bertz CT molecular complexity index is 174. The van der Waals surface area contributed by atoms with E-state index in [0.29, 0.717) is 5.57 Å². The van der Waals surface area contributed by atoms with Gasteiger partial charge in [0.05, 0.1) is 6.61 Å². The van der Waals surface area contributed by atoms with Gasteiger partial charge in [0, 0.05) is 6.08 Å². The standard InChI is InChI=1S/C8H14O3/c1-8(2,3)6(5-9)4-7(10)11/h4,9H,5H2,1-3H3,(H,10,11)/b6-4+. The molecule has 0 fully saturated rings. The van der Waals surface area contributed by atoms with Crippen LogP contribution < -0.4 is 0 Å². The lowest BCUT2D eigenvalue weighted by atomic mass is 9.87. The third kappa shape index (κ3) is 3.78. The highest BCUT2D eigenvalue weighted by Gasteiger charge is 2.16. The molecule has 0 saturated heterocycles. The third-order valence-electron chi connectivity index (χ3n) is 1.43. The third-order valence-corrected chi connectivity index (χ3v) is 1.43. The van der Waals surface area contributed by atoms with E-state index in [1.807, 2.05) is 20.8 Å². The van der Waals surface area contributed by atoms with E-state index in [4.69, 9.17) is 10.2 Å². The topological polar surface area (TPSA) is 57.5 Å². The van der Waals surface area contributed by atoms with Gasteiger partial charge in [-0.2, -0.15) is 0 Å². The molecular weight excluding hydrogens is 144 g/mol. The predicted octanol–water partition coefficient (Wildman–Crippen LogP) is 1.04. The molecule has 0 atom stereocenters. The van der Waals surface area contributed by atoms with Crippen molar-refractivity contribution in [1.82, 2.24) is 0 Å². The molecule has 0 bridgehead atoms.